The molecule has 2 N–H and O–H groups in total. The van der Waals surface area contributed by atoms with Gasteiger partial charge in [-0.3, -0.25) is 4.90 Å². The first kappa shape index (κ1) is 12.1. The van der Waals surface area contributed by atoms with Crippen molar-refractivity contribution in [1.29, 1.82) is 0 Å². The lowest BCUT2D eigenvalue weighted by Crippen LogP contribution is -2.36. The molecule has 0 saturated carbocycles. The molecular weight excluding hydrogens is 249 g/mol. The Morgan fingerprint density at radius 1 is 1.53 bits per heavy atom. The molecule has 92 valence electrons. The number of aliphatic hydroxyl groups excluding tert-OH is 1. The van der Waals surface area contributed by atoms with E-state index in [9.17, 15) is 14.3 Å². The molecule has 0 bridgehead atoms. The minimum Gasteiger partial charge on any atom is -0.465 e. The van der Waals surface area contributed by atoms with Crippen LogP contribution in [0.3, 0.4) is 0 Å². The van der Waals surface area contributed by atoms with Gasteiger partial charge in [0.15, 0.2) is 0 Å². The summed E-state index contributed by atoms with van der Waals surface area (Å²) in [4.78, 5) is 11.7. The van der Waals surface area contributed by atoms with Crippen LogP contribution in [0.2, 0.25) is 5.02 Å². The molecular formula is C11H11ClFNO3. The fourth-order valence-corrected chi connectivity index (χ4v) is 2.29. The van der Waals surface area contributed by atoms with Crippen molar-refractivity contribution in [3.05, 3.63) is 34.6 Å². The first-order chi connectivity index (χ1) is 8.02. The number of hydrogen-bond acceptors (Lipinski definition) is 2. The molecule has 1 saturated heterocycles. The van der Waals surface area contributed by atoms with Crippen LogP contribution < -0.4 is 0 Å². The summed E-state index contributed by atoms with van der Waals surface area (Å²) in [5, 5.41) is 18.6. The highest BCUT2D eigenvalue weighted by Gasteiger charge is 2.38. The predicted octanol–water partition coefficient (Wildman–Crippen LogP) is 2.26. The first-order valence-electron chi connectivity index (χ1n) is 5.14. The molecule has 1 heterocycles. The predicted molar refractivity (Wildman–Crippen MR) is 59.5 cm³/mol. The molecule has 0 aromatic heterocycles. The molecule has 1 fully saturated rings. The van der Waals surface area contributed by atoms with Crippen molar-refractivity contribution in [3.8, 4) is 0 Å². The summed E-state index contributed by atoms with van der Waals surface area (Å²) in [5.74, 6) is -1.16. The van der Waals surface area contributed by atoms with Crippen LogP contribution in [0.5, 0.6) is 0 Å². The van der Waals surface area contributed by atoms with Crippen molar-refractivity contribution in [3.63, 3.8) is 0 Å². The van der Waals surface area contributed by atoms with E-state index in [1.165, 1.54) is 12.1 Å². The van der Waals surface area contributed by atoms with Crippen LogP contribution in [-0.4, -0.2) is 34.0 Å². The number of hydrogen-bond donors (Lipinski definition) is 2. The van der Waals surface area contributed by atoms with Crippen LogP contribution in [0.15, 0.2) is 18.2 Å². The molecule has 1 aromatic rings. The number of amides is 1. The largest absolute Gasteiger partial charge is 0.465 e. The van der Waals surface area contributed by atoms with Gasteiger partial charge in [0.05, 0.1) is 5.02 Å². The molecule has 1 amide bonds. The zero-order chi connectivity index (χ0) is 12.6. The van der Waals surface area contributed by atoms with Crippen molar-refractivity contribution < 1.29 is 19.4 Å². The number of benzene rings is 1. The lowest BCUT2D eigenvalue weighted by molar-refractivity contribution is 0.0306. The molecule has 0 aliphatic carbocycles. The van der Waals surface area contributed by atoms with Gasteiger partial charge in [0, 0.05) is 12.5 Å². The third-order valence-electron chi connectivity index (χ3n) is 2.99. The lowest BCUT2D eigenvalue weighted by atomic mass is 9.96. The van der Waals surface area contributed by atoms with Gasteiger partial charge in [0.2, 0.25) is 0 Å². The van der Waals surface area contributed by atoms with E-state index >= 15 is 0 Å². The summed E-state index contributed by atoms with van der Waals surface area (Å²) < 4.78 is 13.7. The lowest BCUT2D eigenvalue weighted by Gasteiger charge is -2.21. The average Bonchev–Trinajstić information content (AvgIpc) is 2.64. The second-order valence-electron chi connectivity index (χ2n) is 3.93. The average molecular weight is 260 g/mol. The maximum atomic E-state index is 13.7. The van der Waals surface area contributed by atoms with Gasteiger partial charge in [-0.15, -0.1) is 0 Å². The molecule has 2 rings (SSSR count). The fourth-order valence-electron chi connectivity index (χ4n) is 2.11. The number of likely N-dealkylation sites (tertiary alicyclic amines) is 1. The van der Waals surface area contributed by atoms with Gasteiger partial charge in [-0.2, -0.15) is 0 Å². The van der Waals surface area contributed by atoms with Crippen molar-refractivity contribution >= 4 is 17.7 Å². The Morgan fingerprint density at radius 3 is 2.82 bits per heavy atom. The second kappa shape index (κ2) is 4.50. The van der Waals surface area contributed by atoms with Gasteiger partial charge in [-0.25, -0.2) is 9.18 Å². The topological polar surface area (TPSA) is 60.8 Å². The summed E-state index contributed by atoms with van der Waals surface area (Å²) >= 11 is 5.65. The molecule has 0 radical (unpaired) electrons. The highest BCUT2D eigenvalue weighted by atomic mass is 35.5. The summed E-state index contributed by atoms with van der Waals surface area (Å²) in [6, 6.07) is 4.51. The third-order valence-corrected chi connectivity index (χ3v) is 3.28. The third kappa shape index (κ3) is 2.08. The summed E-state index contributed by atoms with van der Waals surface area (Å²) in [6.07, 6.45) is -2.05. The molecule has 4 nitrogen and oxygen atoms in total. The smallest absolute Gasteiger partial charge is 0.409 e. The number of carboxylic acid groups (broad SMARTS) is 1. The Labute approximate surface area is 102 Å². The van der Waals surface area contributed by atoms with E-state index in [2.05, 4.69) is 0 Å². The van der Waals surface area contributed by atoms with E-state index < -0.39 is 24.1 Å². The van der Waals surface area contributed by atoms with Gasteiger partial charge >= 0.3 is 6.09 Å². The summed E-state index contributed by atoms with van der Waals surface area (Å²) in [5.41, 5.74) is 0.258. The first-order valence-corrected chi connectivity index (χ1v) is 5.51. The minimum atomic E-state index is -1.22. The van der Waals surface area contributed by atoms with Gasteiger partial charge < -0.3 is 10.2 Å². The Kier molecular flexibility index (Phi) is 3.22. The molecule has 1 aliphatic rings. The number of carbonyl (C=O) groups is 1. The fraction of sp³-hybridized carbons (Fsp3) is 0.364. The molecule has 6 heteroatoms. The molecule has 0 spiro atoms. The minimum absolute atomic E-state index is 0.0246. The number of nitrogens with zero attached hydrogens (tertiary/aromatic N) is 1. The molecule has 17 heavy (non-hydrogen) atoms. The van der Waals surface area contributed by atoms with Crippen molar-refractivity contribution in [2.75, 3.05) is 6.54 Å². The van der Waals surface area contributed by atoms with E-state index in [0.717, 1.165) is 4.90 Å². The van der Waals surface area contributed by atoms with Crippen LogP contribution in [0, 0.1) is 5.82 Å². The Hall–Kier alpha value is -1.33. The van der Waals surface area contributed by atoms with Crippen molar-refractivity contribution in [2.24, 2.45) is 0 Å². The van der Waals surface area contributed by atoms with Crippen LogP contribution in [-0.2, 0) is 0 Å². The van der Waals surface area contributed by atoms with Crippen molar-refractivity contribution in [1.82, 2.24) is 4.90 Å². The van der Waals surface area contributed by atoms with Gasteiger partial charge in [0.1, 0.15) is 12.0 Å². The quantitative estimate of drug-likeness (QED) is 0.813. The Bertz CT molecular complexity index is 454. The summed E-state index contributed by atoms with van der Waals surface area (Å²) in [7, 11) is 0. The monoisotopic (exact) mass is 259 g/mol. The molecule has 2 atom stereocenters. The highest BCUT2D eigenvalue weighted by Crippen LogP contribution is 2.35. The second-order valence-corrected chi connectivity index (χ2v) is 4.33. The zero-order valence-electron chi connectivity index (χ0n) is 8.81. The van der Waals surface area contributed by atoms with Gasteiger partial charge in [-0.05, 0) is 18.1 Å². The van der Waals surface area contributed by atoms with E-state index in [-0.39, 0.29) is 17.1 Å². The Morgan fingerprint density at radius 2 is 2.24 bits per heavy atom. The van der Waals surface area contributed by atoms with Gasteiger partial charge in [-0.1, -0.05) is 23.7 Å². The number of rotatable bonds is 1. The maximum Gasteiger partial charge on any atom is 0.409 e. The summed E-state index contributed by atoms with van der Waals surface area (Å²) in [6.45, 7) is 0.188. The standard InChI is InChI=1S/C11H11ClFNO3/c12-8-3-1-2-6(9(8)13)7-4-5-14(10(7)15)11(16)17/h1-3,7,10,15H,4-5H2,(H,16,17)/t7?,10-/m0/s1. The maximum absolute atomic E-state index is 13.7. The zero-order valence-corrected chi connectivity index (χ0v) is 9.56. The highest BCUT2D eigenvalue weighted by molar-refractivity contribution is 6.30. The van der Waals surface area contributed by atoms with E-state index in [0.29, 0.717) is 6.42 Å². The van der Waals surface area contributed by atoms with E-state index in [1.54, 1.807) is 6.07 Å². The SMILES string of the molecule is O=C(O)N1CCC(c2cccc(Cl)c2F)[C@@H]1O. The molecule has 1 aliphatic heterocycles. The van der Waals surface area contributed by atoms with Crippen LogP contribution >= 0.6 is 11.6 Å². The van der Waals surface area contributed by atoms with Crippen molar-refractivity contribution in [2.45, 2.75) is 18.6 Å². The molecule has 1 unspecified atom stereocenters. The van der Waals surface area contributed by atoms with E-state index in [4.69, 9.17) is 16.7 Å². The van der Waals surface area contributed by atoms with Crippen LogP contribution in [0.4, 0.5) is 9.18 Å². The number of halogens is 2. The normalized spacial score (nSPS) is 24.1. The van der Waals surface area contributed by atoms with Crippen LogP contribution in [0.25, 0.3) is 0 Å². The Balaban J connectivity index is 2.30. The van der Waals surface area contributed by atoms with Crippen LogP contribution in [0.1, 0.15) is 17.9 Å². The molecule has 1 aromatic carbocycles. The van der Waals surface area contributed by atoms with E-state index in [1.807, 2.05) is 0 Å². The number of aliphatic hydroxyl groups is 1. The van der Waals surface area contributed by atoms with Gasteiger partial charge in [0.25, 0.3) is 0 Å².